The van der Waals surface area contributed by atoms with Crippen molar-refractivity contribution in [2.75, 3.05) is 23.9 Å². The molecule has 2 amide bonds. The summed E-state index contributed by atoms with van der Waals surface area (Å²) in [7, 11) is 3.95. The molecule has 5 heteroatoms. The van der Waals surface area contributed by atoms with Gasteiger partial charge in [-0.25, -0.2) is 4.90 Å². The summed E-state index contributed by atoms with van der Waals surface area (Å²) in [5.41, 5.74) is 3.67. The highest BCUT2D eigenvalue weighted by Gasteiger charge is 2.36. The maximum absolute atomic E-state index is 12.6. The molecule has 0 aromatic heterocycles. The number of amides is 2. The minimum atomic E-state index is -0.273. The highest BCUT2D eigenvalue weighted by Crippen LogP contribution is 2.35. The highest BCUT2D eigenvalue weighted by atomic mass is 32.2. The number of thioether (sulfide) groups is 1. The molecule has 0 saturated carbocycles. The van der Waals surface area contributed by atoms with Gasteiger partial charge in [0.05, 0.1) is 10.6 Å². The monoisotopic (exact) mass is 338 g/mol. The van der Waals surface area contributed by atoms with Crippen molar-refractivity contribution in [3.05, 3.63) is 64.6 Å². The number of carbonyl (C=O) groups excluding carboxylic acids is 2. The lowest BCUT2D eigenvalue weighted by Gasteiger charge is -2.12. The average molecular weight is 338 g/mol. The number of rotatable bonds is 3. The van der Waals surface area contributed by atoms with Crippen LogP contribution in [0, 0.1) is 6.92 Å². The molecule has 2 aromatic carbocycles. The number of anilines is 2. The zero-order chi connectivity index (χ0) is 17.3. The van der Waals surface area contributed by atoms with E-state index in [1.807, 2.05) is 62.3 Å². The molecule has 0 unspecified atom stereocenters. The molecular weight excluding hydrogens is 320 g/mol. The first-order valence-corrected chi connectivity index (χ1v) is 8.39. The molecule has 0 spiro atoms. The number of hydrogen-bond donors (Lipinski definition) is 0. The Morgan fingerprint density at radius 2 is 1.58 bits per heavy atom. The molecule has 1 heterocycles. The van der Waals surface area contributed by atoms with Gasteiger partial charge >= 0.3 is 0 Å². The van der Waals surface area contributed by atoms with Gasteiger partial charge < -0.3 is 4.90 Å². The van der Waals surface area contributed by atoms with E-state index in [4.69, 9.17) is 0 Å². The van der Waals surface area contributed by atoms with E-state index in [2.05, 4.69) is 0 Å². The van der Waals surface area contributed by atoms with Crippen LogP contribution in [0.25, 0.3) is 6.08 Å². The van der Waals surface area contributed by atoms with E-state index in [-0.39, 0.29) is 11.1 Å². The zero-order valence-corrected chi connectivity index (χ0v) is 14.6. The smallest absolute Gasteiger partial charge is 0.298 e. The Morgan fingerprint density at radius 3 is 2.17 bits per heavy atom. The number of carbonyl (C=O) groups is 2. The SMILES string of the molecule is Cc1ccc(N2C(=O)S/C(=C\c3ccc(N(C)C)cc3)C2=O)cc1. The third kappa shape index (κ3) is 3.21. The largest absolute Gasteiger partial charge is 0.378 e. The molecule has 4 nitrogen and oxygen atoms in total. The fourth-order valence-electron chi connectivity index (χ4n) is 2.40. The number of imide groups is 1. The van der Waals surface area contributed by atoms with Gasteiger partial charge in [0.1, 0.15) is 0 Å². The van der Waals surface area contributed by atoms with Gasteiger partial charge in [0.25, 0.3) is 11.1 Å². The minimum absolute atomic E-state index is 0.264. The predicted octanol–water partition coefficient (Wildman–Crippen LogP) is 4.30. The summed E-state index contributed by atoms with van der Waals surface area (Å²) >= 11 is 0.974. The maximum atomic E-state index is 12.6. The molecule has 0 atom stereocenters. The van der Waals surface area contributed by atoms with Crippen LogP contribution in [0.15, 0.2) is 53.4 Å². The van der Waals surface area contributed by atoms with E-state index in [1.165, 1.54) is 4.90 Å². The van der Waals surface area contributed by atoms with Crippen molar-refractivity contribution in [3.8, 4) is 0 Å². The topological polar surface area (TPSA) is 40.6 Å². The second-order valence-electron chi connectivity index (χ2n) is 5.84. The summed E-state index contributed by atoms with van der Waals surface area (Å²) in [6.45, 7) is 1.97. The van der Waals surface area contributed by atoms with Crippen molar-refractivity contribution < 1.29 is 9.59 Å². The first-order valence-electron chi connectivity index (χ1n) is 7.58. The van der Waals surface area contributed by atoms with Crippen molar-refractivity contribution in [2.45, 2.75) is 6.92 Å². The van der Waals surface area contributed by atoms with Crippen molar-refractivity contribution in [1.29, 1.82) is 0 Å². The molecule has 122 valence electrons. The lowest BCUT2D eigenvalue weighted by Crippen LogP contribution is -2.27. The summed E-state index contributed by atoms with van der Waals surface area (Å²) in [5, 5.41) is -0.264. The van der Waals surface area contributed by atoms with Gasteiger partial charge in [-0.1, -0.05) is 29.8 Å². The summed E-state index contributed by atoms with van der Waals surface area (Å²) in [5.74, 6) is -0.273. The molecule has 0 aliphatic carbocycles. The van der Waals surface area contributed by atoms with Crippen LogP contribution >= 0.6 is 11.8 Å². The number of hydrogen-bond acceptors (Lipinski definition) is 4. The van der Waals surface area contributed by atoms with Crippen molar-refractivity contribution in [3.63, 3.8) is 0 Å². The van der Waals surface area contributed by atoms with Crippen LogP contribution in [0.3, 0.4) is 0 Å². The van der Waals surface area contributed by atoms with Gasteiger partial charge in [-0.2, -0.15) is 0 Å². The van der Waals surface area contributed by atoms with Crippen molar-refractivity contribution in [1.82, 2.24) is 0 Å². The van der Waals surface area contributed by atoms with Gasteiger partial charge in [-0.3, -0.25) is 9.59 Å². The van der Waals surface area contributed by atoms with E-state index < -0.39 is 0 Å². The quantitative estimate of drug-likeness (QED) is 0.782. The van der Waals surface area contributed by atoms with E-state index in [9.17, 15) is 9.59 Å². The van der Waals surface area contributed by atoms with Crippen LogP contribution < -0.4 is 9.80 Å². The van der Waals surface area contributed by atoms with Crippen molar-refractivity contribution in [2.24, 2.45) is 0 Å². The molecule has 3 rings (SSSR count). The fourth-order valence-corrected chi connectivity index (χ4v) is 3.25. The Morgan fingerprint density at radius 1 is 0.958 bits per heavy atom. The highest BCUT2D eigenvalue weighted by molar-refractivity contribution is 8.19. The van der Waals surface area contributed by atoms with Gasteiger partial charge in [-0.05, 0) is 54.6 Å². The Balaban J connectivity index is 1.86. The maximum Gasteiger partial charge on any atom is 0.298 e. The molecule has 0 N–H and O–H groups in total. The van der Waals surface area contributed by atoms with Crippen LogP contribution in [-0.4, -0.2) is 25.2 Å². The Kier molecular flexibility index (Phi) is 4.44. The number of aryl methyl sites for hydroxylation is 1. The molecule has 0 bridgehead atoms. The molecule has 1 aliphatic heterocycles. The number of nitrogens with zero attached hydrogens (tertiary/aromatic N) is 2. The second-order valence-corrected chi connectivity index (χ2v) is 6.83. The van der Waals surface area contributed by atoms with Crippen LogP contribution in [0.4, 0.5) is 16.2 Å². The van der Waals surface area contributed by atoms with Crippen molar-refractivity contribution >= 4 is 40.4 Å². The normalized spacial score (nSPS) is 16.1. The molecule has 24 heavy (non-hydrogen) atoms. The van der Waals surface area contributed by atoms with Crippen LogP contribution in [0.1, 0.15) is 11.1 Å². The van der Waals surface area contributed by atoms with E-state index >= 15 is 0 Å². The van der Waals surface area contributed by atoms with Gasteiger partial charge in [-0.15, -0.1) is 0 Å². The van der Waals surface area contributed by atoms with Gasteiger partial charge in [0.15, 0.2) is 0 Å². The second kappa shape index (κ2) is 6.53. The van der Waals surface area contributed by atoms with E-state index in [0.717, 1.165) is 28.6 Å². The van der Waals surface area contributed by atoms with Gasteiger partial charge in [0.2, 0.25) is 0 Å². The Labute approximate surface area is 145 Å². The third-order valence-corrected chi connectivity index (χ3v) is 4.66. The average Bonchev–Trinajstić information content (AvgIpc) is 2.83. The molecular formula is C19H18N2O2S. The first-order chi connectivity index (χ1) is 11.5. The lowest BCUT2D eigenvalue weighted by molar-refractivity contribution is -0.113. The van der Waals surface area contributed by atoms with Crippen LogP contribution in [-0.2, 0) is 4.79 Å². The number of benzene rings is 2. The van der Waals surface area contributed by atoms with E-state index in [1.54, 1.807) is 18.2 Å². The Bertz CT molecular complexity index is 808. The minimum Gasteiger partial charge on any atom is -0.378 e. The third-order valence-electron chi connectivity index (χ3n) is 3.79. The summed E-state index contributed by atoms with van der Waals surface area (Å²) in [6, 6.07) is 15.2. The molecule has 1 aliphatic rings. The molecule has 0 radical (unpaired) electrons. The van der Waals surface area contributed by atoms with Crippen LogP contribution in [0.2, 0.25) is 0 Å². The Hall–Kier alpha value is -2.53. The molecule has 1 fully saturated rings. The summed E-state index contributed by atoms with van der Waals surface area (Å²) in [4.78, 5) is 28.5. The first kappa shape index (κ1) is 16.3. The zero-order valence-electron chi connectivity index (χ0n) is 13.8. The standard InChI is InChI=1S/C19H18N2O2S/c1-13-4-8-16(9-5-13)21-18(22)17(24-19(21)23)12-14-6-10-15(11-7-14)20(2)3/h4-12H,1-3H3/b17-12-. The summed E-state index contributed by atoms with van der Waals surface area (Å²) < 4.78 is 0. The lowest BCUT2D eigenvalue weighted by atomic mass is 10.1. The fraction of sp³-hybridized carbons (Fsp3) is 0.158. The predicted molar refractivity (Wildman–Crippen MR) is 100 cm³/mol. The summed E-state index contributed by atoms with van der Waals surface area (Å²) in [6.07, 6.45) is 1.76. The van der Waals surface area contributed by atoms with Gasteiger partial charge in [0, 0.05) is 19.8 Å². The molecule has 1 saturated heterocycles. The van der Waals surface area contributed by atoms with E-state index in [0.29, 0.717) is 10.6 Å². The molecule has 2 aromatic rings. The van der Waals surface area contributed by atoms with Crippen LogP contribution in [0.5, 0.6) is 0 Å².